The minimum absolute atomic E-state index is 0.599. The quantitative estimate of drug-likeness (QED) is 0.525. The molecule has 5 heteroatoms. The van der Waals surface area contributed by atoms with E-state index in [-0.39, 0.29) is 0 Å². The molecule has 0 spiro atoms. The van der Waals surface area contributed by atoms with E-state index >= 15 is 0 Å². The molecular weight excluding hydrogens is 272 g/mol. The van der Waals surface area contributed by atoms with Crippen molar-refractivity contribution in [3.8, 4) is 0 Å². The van der Waals surface area contributed by atoms with E-state index in [9.17, 15) is 0 Å². The van der Waals surface area contributed by atoms with Crippen LogP contribution in [0.4, 0.5) is 0 Å². The molecule has 2 aromatic heterocycles. The van der Waals surface area contributed by atoms with Crippen molar-refractivity contribution in [2.75, 3.05) is 0 Å². The van der Waals surface area contributed by atoms with Crippen molar-refractivity contribution in [3.63, 3.8) is 0 Å². The Bertz CT molecular complexity index is 741. The van der Waals surface area contributed by atoms with Crippen molar-refractivity contribution < 1.29 is 8.83 Å². The van der Waals surface area contributed by atoms with Gasteiger partial charge < -0.3 is 8.83 Å². The number of rotatable bonds is 3. The Morgan fingerprint density at radius 3 is 2.15 bits per heavy atom. The van der Waals surface area contributed by atoms with Gasteiger partial charge in [-0.25, -0.2) is 9.97 Å². The van der Waals surface area contributed by atoms with E-state index in [0.29, 0.717) is 16.9 Å². The van der Waals surface area contributed by atoms with Crippen molar-refractivity contribution in [2.45, 2.75) is 11.0 Å². The zero-order valence-electron chi connectivity index (χ0n) is 10.4. The van der Waals surface area contributed by atoms with E-state index in [1.165, 1.54) is 11.8 Å². The molecule has 2 heterocycles. The second-order valence-electron chi connectivity index (χ2n) is 4.31. The minimum Gasteiger partial charge on any atom is -0.440 e. The first-order chi connectivity index (χ1) is 9.88. The van der Waals surface area contributed by atoms with Gasteiger partial charge in [0.25, 0.3) is 5.22 Å². The first-order valence-electron chi connectivity index (χ1n) is 6.21. The molecule has 0 radical (unpaired) electrons. The fourth-order valence-corrected chi connectivity index (χ4v) is 2.70. The SMILES string of the molecule is c1ccc2oc(CSc3nc4ccccc4o3)nc2c1. The van der Waals surface area contributed by atoms with Crippen LogP contribution in [0.5, 0.6) is 0 Å². The third-order valence-electron chi connectivity index (χ3n) is 2.93. The summed E-state index contributed by atoms with van der Waals surface area (Å²) >= 11 is 1.48. The Morgan fingerprint density at radius 1 is 0.800 bits per heavy atom. The van der Waals surface area contributed by atoms with Crippen LogP contribution in [-0.2, 0) is 5.75 Å². The number of oxazole rings is 2. The predicted octanol–water partition coefficient (Wildman–Crippen LogP) is 4.26. The lowest BCUT2D eigenvalue weighted by atomic mass is 10.3. The molecule has 0 aliphatic carbocycles. The van der Waals surface area contributed by atoms with Crippen LogP contribution in [-0.4, -0.2) is 9.97 Å². The number of aromatic nitrogens is 2. The molecule has 4 rings (SSSR count). The Hall–Kier alpha value is -2.27. The smallest absolute Gasteiger partial charge is 0.257 e. The van der Waals surface area contributed by atoms with Crippen molar-refractivity contribution in [2.24, 2.45) is 0 Å². The molecule has 0 saturated heterocycles. The summed E-state index contributed by atoms with van der Waals surface area (Å²) in [6, 6.07) is 15.5. The largest absolute Gasteiger partial charge is 0.440 e. The summed E-state index contributed by atoms with van der Waals surface area (Å²) in [5.41, 5.74) is 3.35. The molecule has 0 amide bonds. The fourth-order valence-electron chi connectivity index (χ4n) is 2.02. The van der Waals surface area contributed by atoms with Crippen LogP contribution < -0.4 is 0 Å². The number of fused-ring (bicyclic) bond motifs is 2. The van der Waals surface area contributed by atoms with Crippen molar-refractivity contribution in [1.29, 1.82) is 0 Å². The van der Waals surface area contributed by atoms with Gasteiger partial charge in [0.2, 0.25) is 5.89 Å². The maximum absolute atomic E-state index is 5.66. The molecular formula is C15H10N2O2S. The molecule has 0 atom stereocenters. The molecule has 4 aromatic rings. The lowest BCUT2D eigenvalue weighted by molar-refractivity contribution is 0.487. The summed E-state index contributed by atoms with van der Waals surface area (Å²) < 4.78 is 11.3. The van der Waals surface area contributed by atoms with Crippen LogP contribution in [0, 0.1) is 0 Å². The van der Waals surface area contributed by atoms with Crippen LogP contribution in [0.1, 0.15) is 5.89 Å². The maximum atomic E-state index is 5.66. The van der Waals surface area contributed by atoms with Gasteiger partial charge in [0.05, 0.1) is 5.75 Å². The lowest BCUT2D eigenvalue weighted by Crippen LogP contribution is -1.79. The summed E-state index contributed by atoms with van der Waals surface area (Å²) in [6.45, 7) is 0. The fraction of sp³-hybridized carbons (Fsp3) is 0.0667. The van der Waals surface area contributed by atoms with E-state index in [1.54, 1.807) is 0 Å². The van der Waals surface area contributed by atoms with Crippen LogP contribution >= 0.6 is 11.8 Å². The van der Waals surface area contributed by atoms with E-state index in [4.69, 9.17) is 8.83 Å². The Balaban J connectivity index is 1.57. The number of para-hydroxylation sites is 4. The minimum atomic E-state index is 0.599. The Kier molecular flexibility index (Phi) is 2.70. The molecule has 4 nitrogen and oxygen atoms in total. The van der Waals surface area contributed by atoms with Crippen LogP contribution in [0.3, 0.4) is 0 Å². The van der Waals surface area contributed by atoms with E-state index < -0.39 is 0 Å². The molecule has 2 aromatic carbocycles. The van der Waals surface area contributed by atoms with Gasteiger partial charge in [-0.2, -0.15) is 0 Å². The summed E-state index contributed by atoms with van der Waals surface area (Å²) in [5.74, 6) is 1.28. The molecule has 0 bridgehead atoms. The zero-order valence-corrected chi connectivity index (χ0v) is 11.3. The third kappa shape index (κ3) is 2.06. The predicted molar refractivity (Wildman–Crippen MR) is 77.6 cm³/mol. The van der Waals surface area contributed by atoms with Gasteiger partial charge in [0.15, 0.2) is 11.2 Å². The van der Waals surface area contributed by atoms with Gasteiger partial charge in [-0.3, -0.25) is 0 Å². The Labute approximate surface area is 118 Å². The highest BCUT2D eigenvalue weighted by Gasteiger charge is 2.09. The van der Waals surface area contributed by atoms with E-state index in [0.717, 1.165) is 22.2 Å². The van der Waals surface area contributed by atoms with Crippen LogP contribution in [0.2, 0.25) is 0 Å². The average molecular weight is 282 g/mol. The normalized spacial score (nSPS) is 11.4. The molecule has 20 heavy (non-hydrogen) atoms. The van der Waals surface area contributed by atoms with Gasteiger partial charge in [-0.05, 0) is 24.3 Å². The Morgan fingerprint density at radius 2 is 1.45 bits per heavy atom. The summed E-state index contributed by atoms with van der Waals surface area (Å²) in [5, 5.41) is 0.633. The van der Waals surface area contributed by atoms with Crippen LogP contribution in [0.15, 0.2) is 62.6 Å². The van der Waals surface area contributed by atoms with Gasteiger partial charge in [-0.1, -0.05) is 36.0 Å². The molecule has 0 aliphatic heterocycles. The standard InChI is InChI=1S/C15H10N2O2S/c1-3-7-12-10(5-1)16-14(18-12)9-20-15-17-11-6-2-4-8-13(11)19-15/h1-8H,9H2. The highest BCUT2D eigenvalue weighted by Crippen LogP contribution is 2.27. The molecule has 0 saturated carbocycles. The summed E-state index contributed by atoms with van der Waals surface area (Å²) in [4.78, 5) is 8.83. The molecule has 0 fully saturated rings. The first kappa shape index (κ1) is 11.5. The first-order valence-corrected chi connectivity index (χ1v) is 7.20. The molecule has 0 N–H and O–H groups in total. The van der Waals surface area contributed by atoms with Gasteiger partial charge in [0, 0.05) is 0 Å². The van der Waals surface area contributed by atoms with Gasteiger partial charge in [0.1, 0.15) is 11.0 Å². The molecule has 0 unspecified atom stereocenters. The average Bonchev–Trinajstić information content (AvgIpc) is 3.07. The molecule has 0 aliphatic rings. The number of nitrogens with zero attached hydrogens (tertiary/aromatic N) is 2. The number of benzene rings is 2. The van der Waals surface area contributed by atoms with Gasteiger partial charge in [-0.15, -0.1) is 0 Å². The zero-order chi connectivity index (χ0) is 13.4. The second-order valence-corrected chi connectivity index (χ2v) is 5.24. The number of hydrogen-bond donors (Lipinski definition) is 0. The summed E-state index contributed by atoms with van der Waals surface area (Å²) in [7, 11) is 0. The molecule has 98 valence electrons. The number of hydrogen-bond acceptors (Lipinski definition) is 5. The van der Waals surface area contributed by atoms with Gasteiger partial charge >= 0.3 is 0 Å². The van der Waals surface area contributed by atoms with E-state index in [2.05, 4.69) is 9.97 Å². The maximum Gasteiger partial charge on any atom is 0.257 e. The highest BCUT2D eigenvalue weighted by molar-refractivity contribution is 7.98. The van der Waals surface area contributed by atoms with Crippen LogP contribution in [0.25, 0.3) is 22.2 Å². The summed E-state index contributed by atoms with van der Waals surface area (Å²) in [6.07, 6.45) is 0. The number of thioether (sulfide) groups is 1. The van der Waals surface area contributed by atoms with Crippen molar-refractivity contribution in [3.05, 3.63) is 54.4 Å². The van der Waals surface area contributed by atoms with E-state index in [1.807, 2.05) is 48.5 Å². The monoisotopic (exact) mass is 282 g/mol. The second kappa shape index (κ2) is 4.68. The lowest BCUT2D eigenvalue weighted by Gasteiger charge is -1.90. The topological polar surface area (TPSA) is 52.1 Å². The third-order valence-corrected chi connectivity index (χ3v) is 3.74. The highest BCUT2D eigenvalue weighted by atomic mass is 32.2. The van der Waals surface area contributed by atoms with Crippen molar-refractivity contribution >= 4 is 34.0 Å². The van der Waals surface area contributed by atoms with Crippen molar-refractivity contribution in [1.82, 2.24) is 9.97 Å².